The van der Waals surface area contributed by atoms with Crippen molar-refractivity contribution in [1.82, 2.24) is 20.2 Å². The standard InChI is InChI=1S/C23H16F2N4O2/c1-15-11-17(9-10-26-15)6-5-16-3-2-4-20(12-16)30-14-19-8-7-18(13-27-19)22-28-29-23(31-22)21(24)25/h2-4,7-13,21H,14H2,1H3. The molecule has 3 heterocycles. The van der Waals surface area contributed by atoms with Crippen LogP contribution in [0, 0.1) is 18.8 Å². The predicted molar refractivity (Wildman–Crippen MR) is 108 cm³/mol. The van der Waals surface area contributed by atoms with E-state index in [1.165, 1.54) is 6.20 Å². The number of aromatic nitrogens is 4. The zero-order chi connectivity index (χ0) is 21.6. The molecule has 3 aromatic heterocycles. The van der Waals surface area contributed by atoms with Crippen LogP contribution in [0.5, 0.6) is 5.75 Å². The van der Waals surface area contributed by atoms with Crippen LogP contribution in [0.1, 0.15) is 34.8 Å². The second kappa shape index (κ2) is 9.13. The minimum Gasteiger partial charge on any atom is -0.487 e. The third kappa shape index (κ3) is 5.28. The molecule has 6 nitrogen and oxygen atoms in total. The van der Waals surface area contributed by atoms with Gasteiger partial charge in [0.25, 0.3) is 5.89 Å². The fraction of sp³-hybridized carbons (Fsp3) is 0.130. The number of rotatable bonds is 5. The van der Waals surface area contributed by atoms with Crippen LogP contribution in [0.15, 0.2) is 65.3 Å². The Labute approximate surface area is 177 Å². The summed E-state index contributed by atoms with van der Waals surface area (Å²) >= 11 is 0. The van der Waals surface area contributed by atoms with E-state index in [4.69, 9.17) is 9.15 Å². The third-order valence-corrected chi connectivity index (χ3v) is 4.17. The van der Waals surface area contributed by atoms with Gasteiger partial charge < -0.3 is 9.15 Å². The molecule has 0 N–H and O–H groups in total. The van der Waals surface area contributed by atoms with Crippen molar-refractivity contribution in [2.75, 3.05) is 0 Å². The molecule has 4 aromatic rings. The number of nitrogens with zero attached hydrogens (tertiary/aromatic N) is 4. The first-order chi connectivity index (χ1) is 15.1. The van der Waals surface area contributed by atoms with Crippen molar-refractivity contribution in [3.8, 4) is 29.0 Å². The Hall–Kier alpha value is -4.12. The van der Waals surface area contributed by atoms with E-state index >= 15 is 0 Å². The van der Waals surface area contributed by atoms with Crippen LogP contribution in [0.3, 0.4) is 0 Å². The number of aryl methyl sites for hydroxylation is 1. The Morgan fingerprint density at radius 3 is 2.55 bits per heavy atom. The maximum atomic E-state index is 12.6. The van der Waals surface area contributed by atoms with Gasteiger partial charge in [0, 0.05) is 29.2 Å². The van der Waals surface area contributed by atoms with Gasteiger partial charge in [-0.3, -0.25) is 9.97 Å². The molecule has 0 aliphatic heterocycles. The van der Waals surface area contributed by atoms with Gasteiger partial charge in [-0.15, -0.1) is 10.2 Å². The lowest BCUT2D eigenvalue weighted by Gasteiger charge is -2.06. The molecule has 0 aliphatic rings. The number of halogens is 2. The average molecular weight is 418 g/mol. The van der Waals surface area contributed by atoms with E-state index in [9.17, 15) is 8.78 Å². The van der Waals surface area contributed by atoms with Crippen LogP contribution in [0.2, 0.25) is 0 Å². The molecule has 1 aromatic carbocycles. The van der Waals surface area contributed by atoms with Crippen molar-refractivity contribution in [1.29, 1.82) is 0 Å². The molecule has 0 saturated heterocycles. The van der Waals surface area contributed by atoms with E-state index in [-0.39, 0.29) is 12.5 Å². The van der Waals surface area contributed by atoms with Crippen LogP contribution in [-0.2, 0) is 6.61 Å². The second-order valence-electron chi connectivity index (χ2n) is 6.54. The number of hydrogen-bond acceptors (Lipinski definition) is 6. The van der Waals surface area contributed by atoms with E-state index in [1.807, 2.05) is 43.3 Å². The zero-order valence-corrected chi connectivity index (χ0v) is 16.4. The first-order valence-corrected chi connectivity index (χ1v) is 9.31. The number of pyridine rings is 2. The Balaban J connectivity index is 1.40. The summed E-state index contributed by atoms with van der Waals surface area (Å²) in [5.74, 6) is 6.15. The smallest absolute Gasteiger partial charge is 0.314 e. The topological polar surface area (TPSA) is 73.9 Å². The molecule has 31 heavy (non-hydrogen) atoms. The summed E-state index contributed by atoms with van der Waals surface area (Å²) in [7, 11) is 0. The molecule has 0 amide bonds. The quantitative estimate of drug-likeness (QED) is 0.436. The SMILES string of the molecule is Cc1cc(C#Cc2cccc(OCc3ccc(-c4nnc(C(F)F)o4)cn3)c2)ccn1. The third-order valence-electron chi connectivity index (χ3n) is 4.17. The largest absolute Gasteiger partial charge is 0.487 e. The van der Waals surface area contributed by atoms with Crippen molar-refractivity contribution in [3.05, 3.63) is 89.3 Å². The molecule has 0 bridgehead atoms. The molecule has 4 rings (SSSR count). The molecule has 0 unspecified atom stereocenters. The highest BCUT2D eigenvalue weighted by Crippen LogP contribution is 2.23. The Kier molecular flexibility index (Phi) is 5.94. The molecule has 0 aliphatic carbocycles. The van der Waals surface area contributed by atoms with Crippen molar-refractivity contribution < 1.29 is 17.9 Å². The van der Waals surface area contributed by atoms with Crippen LogP contribution in [0.4, 0.5) is 8.78 Å². The molecule has 0 saturated carbocycles. The minimum absolute atomic E-state index is 0.00839. The first-order valence-electron chi connectivity index (χ1n) is 9.31. The lowest BCUT2D eigenvalue weighted by molar-refractivity contribution is 0.116. The molecule has 0 radical (unpaired) electrons. The number of benzene rings is 1. The number of hydrogen-bond donors (Lipinski definition) is 0. The molecule has 8 heteroatoms. The normalized spacial score (nSPS) is 10.6. The van der Waals surface area contributed by atoms with Gasteiger partial charge in [-0.25, -0.2) is 0 Å². The number of ether oxygens (including phenoxy) is 1. The van der Waals surface area contributed by atoms with E-state index in [0.29, 0.717) is 17.0 Å². The summed E-state index contributed by atoms with van der Waals surface area (Å²) < 4.78 is 35.8. The first kappa shape index (κ1) is 20.2. The predicted octanol–water partition coefficient (Wildman–Crippen LogP) is 4.75. The van der Waals surface area contributed by atoms with Crippen molar-refractivity contribution >= 4 is 0 Å². The molecule has 154 valence electrons. The van der Waals surface area contributed by atoms with E-state index in [2.05, 4.69) is 32.0 Å². The summed E-state index contributed by atoms with van der Waals surface area (Å²) in [6.45, 7) is 2.15. The van der Waals surface area contributed by atoms with Gasteiger partial charge in [-0.1, -0.05) is 17.9 Å². The molecule has 0 spiro atoms. The van der Waals surface area contributed by atoms with Gasteiger partial charge in [-0.2, -0.15) is 8.78 Å². The second-order valence-corrected chi connectivity index (χ2v) is 6.54. The fourth-order valence-electron chi connectivity index (χ4n) is 2.66. The summed E-state index contributed by atoms with van der Waals surface area (Å²) in [4.78, 5) is 8.41. The zero-order valence-electron chi connectivity index (χ0n) is 16.4. The highest BCUT2D eigenvalue weighted by atomic mass is 19.3. The number of alkyl halides is 2. The highest BCUT2D eigenvalue weighted by Gasteiger charge is 2.17. The maximum absolute atomic E-state index is 12.6. The van der Waals surface area contributed by atoms with E-state index < -0.39 is 12.3 Å². The van der Waals surface area contributed by atoms with Gasteiger partial charge >= 0.3 is 6.43 Å². The monoisotopic (exact) mass is 418 g/mol. The summed E-state index contributed by atoms with van der Waals surface area (Å²) in [6, 6.07) is 14.6. The van der Waals surface area contributed by atoms with Crippen LogP contribution < -0.4 is 4.74 Å². The van der Waals surface area contributed by atoms with Gasteiger partial charge in [0.05, 0.1) is 11.3 Å². The van der Waals surface area contributed by atoms with Gasteiger partial charge in [0.1, 0.15) is 12.4 Å². The maximum Gasteiger partial charge on any atom is 0.314 e. The minimum atomic E-state index is -2.81. The molecular formula is C23H16F2N4O2. The molecular weight excluding hydrogens is 402 g/mol. The van der Waals surface area contributed by atoms with Gasteiger partial charge in [0.15, 0.2) is 0 Å². The van der Waals surface area contributed by atoms with Crippen LogP contribution in [-0.4, -0.2) is 20.2 Å². The summed E-state index contributed by atoms with van der Waals surface area (Å²) in [6.07, 6.45) is 0.393. The Bertz CT molecular complexity index is 1240. The molecule has 0 atom stereocenters. The summed E-state index contributed by atoms with van der Waals surface area (Å²) in [5, 5.41) is 6.90. The van der Waals surface area contributed by atoms with E-state index in [0.717, 1.165) is 16.8 Å². The lowest BCUT2D eigenvalue weighted by Crippen LogP contribution is -1.98. The van der Waals surface area contributed by atoms with Gasteiger partial charge in [-0.05, 0) is 49.4 Å². The Morgan fingerprint density at radius 2 is 1.84 bits per heavy atom. The lowest BCUT2D eigenvalue weighted by atomic mass is 10.2. The van der Waals surface area contributed by atoms with Crippen LogP contribution in [0.25, 0.3) is 11.5 Å². The summed E-state index contributed by atoms with van der Waals surface area (Å²) in [5.41, 5.74) is 3.73. The van der Waals surface area contributed by atoms with Crippen LogP contribution >= 0.6 is 0 Å². The van der Waals surface area contributed by atoms with Crippen molar-refractivity contribution in [2.24, 2.45) is 0 Å². The molecule has 0 fully saturated rings. The Morgan fingerprint density at radius 1 is 1.00 bits per heavy atom. The highest BCUT2D eigenvalue weighted by molar-refractivity contribution is 5.50. The van der Waals surface area contributed by atoms with Gasteiger partial charge in [0.2, 0.25) is 5.89 Å². The van der Waals surface area contributed by atoms with Crippen molar-refractivity contribution in [3.63, 3.8) is 0 Å². The van der Waals surface area contributed by atoms with E-state index in [1.54, 1.807) is 18.3 Å². The van der Waals surface area contributed by atoms with Crippen molar-refractivity contribution in [2.45, 2.75) is 20.0 Å². The fourth-order valence-corrected chi connectivity index (χ4v) is 2.66. The average Bonchev–Trinajstić information content (AvgIpc) is 3.28.